The van der Waals surface area contributed by atoms with E-state index in [1.807, 2.05) is 13.8 Å². The molecule has 0 bridgehead atoms. The molecule has 1 heterocycles. The van der Waals surface area contributed by atoms with Crippen molar-refractivity contribution in [3.63, 3.8) is 0 Å². The van der Waals surface area contributed by atoms with Gasteiger partial charge in [0.1, 0.15) is 0 Å². The number of nitrogens with zero attached hydrogens (tertiary/aromatic N) is 4. The van der Waals surface area contributed by atoms with Crippen LogP contribution in [0.4, 0.5) is 0 Å². The summed E-state index contributed by atoms with van der Waals surface area (Å²) < 4.78 is 1.70. The molecule has 1 aromatic heterocycles. The van der Waals surface area contributed by atoms with Crippen molar-refractivity contribution in [3.8, 4) is 0 Å². The van der Waals surface area contributed by atoms with Crippen molar-refractivity contribution in [2.45, 2.75) is 60.4 Å². The topological polar surface area (TPSA) is 80.9 Å². The van der Waals surface area contributed by atoms with Crippen LogP contribution in [0.25, 0.3) is 0 Å². The van der Waals surface area contributed by atoms with Crippen LogP contribution in [-0.2, 0) is 11.2 Å². The molecule has 0 saturated carbocycles. The van der Waals surface area contributed by atoms with Gasteiger partial charge in [0.25, 0.3) is 0 Å². The van der Waals surface area contributed by atoms with E-state index < -0.39 is 5.97 Å². The minimum atomic E-state index is -0.825. The van der Waals surface area contributed by atoms with Gasteiger partial charge in [-0.05, 0) is 27.7 Å². The zero-order valence-electron chi connectivity index (χ0n) is 13.3. The Morgan fingerprint density at radius 2 is 1.90 bits per heavy atom. The van der Waals surface area contributed by atoms with Crippen LogP contribution in [0.15, 0.2) is 0 Å². The SMILES string of the molecule is CC(C)C(CC(=O)O)n1nnnc1CC(C)C(C)(C)C. The number of tetrazole rings is 1. The highest BCUT2D eigenvalue weighted by molar-refractivity contribution is 5.67. The molecule has 0 aliphatic carbocycles. The molecule has 0 saturated heterocycles. The second-order valence-corrected chi connectivity index (χ2v) is 6.92. The minimum Gasteiger partial charge on any atom is -0.481 e. The summed E-state index contributed by atoms with van der Waals surface area (Å²) >= 11 is 0. The molecule has 0 aliphatic heterocycles. The van der Waals surface area contributed by atoms with Gasteiger partial charge < -0.3 is 5.11 Å². The van der Waals surface area contributed by atoms with Gasteiger partial charge in [0.05, 0.1) is 12.5 Å². The summed E-state index contributed by atoms with van der Waals surface area (Å²) in [5, 5.41) is 20.9. The number of rotatable bonds is 6. The normalized spacial score (nSPS) is 15.3. The molecule has 0 aliphatic rings. The number of aromatic nitrogens is 4. The van der Waals surface area contributed by atoms with Crippen molar-refractivity contribution in [1.82, 2.24) is 20.2 Å². The van der Waals surface area contributed by atoms with Gasteiger partial charge in [-0.15, -0.1) is 5.10 Å². The molecule has 6 heteroatoms. The maximum atomic E-state index is 11.0. The molecule has 0 aromatic carbocycles. The maximum absolute atomic E-state index is 11.0. The predicted octanol–water partition coefficient (Wildman–Crippen LogP) is 2.57. The molecule has 0 amide bonds. The number of hydrogen-bond donors (Lipinski definition) is 1. The molecule has 6 nitrogen and oxygen atoms in total. The molecule has 2 atom stereocenters. The van der Waals surface area contributed by atoms with Crippen LogP contribution in [0, 0.1) is 17.3 Å². The lowest BCUT2D eigenvalue weighted by Crippen LogP contribution is -2.25. The summed E-state index contributed by atoms with van der Waals surface area (Å²) in [7, 11) is 0. The number of hydrogen-bond acceptors (Lipinski definition) is 4. The average molecular weight is 282 g/mol. The molecule has 2 unspecified atom stereocenters. The first-order chi connectivity index (χ1) is 9.12. The summed E-state index contributed by atoms with van der Waals surface area (Å²) in [6.45, 7) is 12.7. The van der Waals surface area contributed by atoms with Gasteiger partial charge in [-0.2, -0.15) is 0 Å². The summed E-state index contributed by atoms with van der Waals surface area (Å²) in [5.41, 5.74) is 0.164. The van der Waals surface area contributed by atoms with Crippen molar-refractivity contribution >= 4 is 5.97 Å². The van der Waals surface area contributed by atoms with Crippen molar-refractivity contribution in [2.24, 2.45) is 17.3 Å². The highest BCUT2D eigenvalue weighted by Crippen LogP contribution is 2.29. The second kappa shape index (κ2) is 6.33. The van der Waals surface area contributed by atoms with Crippen LogP contribution in [0.3, 0.4) is 0 Å². The number of carboxylic acid groups (broad SMARTS) is 1. The lowest BCUT2D eigenvalue weighted by atomic mass is 9.80. The van der Waals surface area contributed by atoms with Crippen molar-refractivity contribution in [1.29, 1.82) is 0 Å². The van der Waals surface area contributed by atoms with Gasteiger partial charge in [-0.3, -0.25) is 4.79 Å². The molecule has 0 radical (unpaired) electrons. The lowest BCUT2D eigenvalue weighted by molar-refractivity contribution is -0.138. The Balaban J connectivity index is 2.96. The third kappa shape index (κ3) is 4.28. The van der Waals surface area contributed by atoms with Crippen LogP contribution in [-0.4, -0.2) is 31.3 Å². The van der Waals surface area contributed by atoms with E-state index in [9.17, 15) is 4.79 Å². The summed E-state index contributed by atoms with van der Waals surface area (Å²) in [6.07, 6.45) is 0.791. The summed E-state index contributed by atoms with van der Waals surface area (Å²) in [5.74, 6) is 0.518. The van der Waals surface area contributed by atoms with Gasteiger partial charge in [0.2, 0.25) is 0 Å². The molecular formula is C14H26N4O2. The summed E-state index contributed by atoms with van der Waals surface area (Å²) in [6, 6.07) is -0.204. The summed E-state index contributed by atoms with van der Waals surface area (Å²) in [4.78, 5) is 11.0. The quantitative estimate of drug-likeness (QED) is 0.867. The van der Waals surface area contributed by atoms with E-state index in [1.54, 1.807) is 4.68 Å². The van der Waals surface area contributed by atoms with Crippen LogP contribution in [0.2, 0.25) is 0 Å². The van der Waals surface area contributed by atoms with E-state index in [0.29, 0.717) is 5.92 Å². The zero-order valence-corrected chi connectivity index (χ0v) is 13.3. The Labute approximate surface area is 120 Å². The van der Waals surface area contributed by atoms with Gasteiger partial charge in [-0.1, -0.05) is 41.5 Å². The Hall–Kier alpha value is -1.46. The Bertz CT molecular complexity index is 448. The molecule has 20 heavy (non-hydrogen) atoms. The number of carboxylic acids is 1. The number of carbonyl (C=O) groups is 1. The lowest BCUT2D eigenvalue weighted by Gasteiger charge is -2.27. The third-order valence-electron chi connectivity index (χ3n) is 4.00. The Morgan fingerprint density at radius 1 is 1.30 bits per heavy atom. The van der Waals surface area contributed by atoms with Crippen molar-refractivity contribution < 1.29 is 9.90 Å². The third-order valence-corrected chi connectivity index (χ3v) is 4.00. The van der Waals surface area contributed by atoms with Crippen molar-refractivity contribution in [2.75, 3.05) is 0 Å². The van der Waals surface area contributed by atoms with E-state index in [1.165, 1.54) is 0 Å². The molecule has 0 fully saturated rings. The fourth-order valence-corrected chi connectivity index (χ4v) is 1.97. The van der Waals surface area contributed by atoms with Gasteiger partial charge >= 0.3 is 5.97 Å². The molecule has 114 valence electrons. The molecule has 1 N–H and O–H groups in total. The van der Waals surface area contributed by atoms with E-state index in [2.05, 4.69) is 43.2 Å². The van der Waals surface area contributed by atoms with Crippen molar-refractivity contribution in [3.05, 3.63) is 5.82 Å². The average Bonchev–Trinajstić information content (AvgIpc) is 2.71. The largest absolute Gasteiger partial charge is 0.481 e. The molecule has 0 spiro atoms. The molecule has 1 rings (SSSR count). The van der Waals surface area contributed by atoms with E-state index in [4.69, 9.17) is 5.11 Å². The van der Waals surface area contributed by atoms with Crippen LogP contribution in [0.1, 0.15) is 59.8 Å². The van der Waals surface area contributed by atoms with Gasteiger partial charge in [-0.25, -0.2) is 4.68 Å². The Kier molecular flexibility index (Phi) is 5.25. The smallest absolute Gasteiger partial charge is 0.305 e. The highest BCUT2D eigenvalue weighted by atomic mass is 16.4. The molecule has 1 aromatic rings. The van der Waals surface area contributed by atoms with Gasteiger partial charge in [0, 0.05) is 6.42 Å². The number of aliphatic carboxylic acids is 1. The predicted molar refractivity (Wildman–Crippen MR) is 76.3 cm³/mol. The fraction of sp³-hybridized carbons (Fsp3) is 0.857. The molecular weight excluding hydrogens is 256 g/mol. The van der Waals surface area contributed by atoms with Crippen LogP contribution in [0.5, 0.6) is 0 Å². The van der Waals surface area contributed by atoms with Gasteiger partial charge in [0.15, 0.2) is 5.82 Å². The monoisotopic (exact) mass is 282 g/mol. The second-order valence-electron chi connectivity index (χ2n) is 6.92. The fourth-order valence-electron chi connectivity index (χ4n) is 1.97. The standard InChI is InChI=1S/C14H26N4O2/c1-9(2)11(8-13(19)20)18-12(15-16-17-18)7-10(3)14(4,5)6/h9-11H,7-8H2,1-6H3,(H,19,20). The first kappa shape index (κ1) is 16.6. The first-order valence-electron chi connectivity index (χ1n) is 7.11. The van der Waals surface area contributed by atoms with E-state index >= 15 is 0 Å². The minimum absolute atomic E-state index is 0.0413. The maximum Gasteiger partial charge on any atom is 0.305 e. The zero-order chi connectivity index (χ0) is 15.5. The first-order valence-corrected chi connectivity index (χ1v) is 7.11. The van der Waals surface area contributed by atoms with E-state index in [-0.39, 0.29) is 23.8 Å². The van der Waals surface area contributed by atoms with Crippen LogP contribution >= 0.6 is 0 Å². The van der Waals surface area contributed by atoms with Crippen LogP contribution < -0.4 is 0 Å². The Morgan fingerprint density at radius 3 is 2.35 bits per heavy atom. The van der Waals surface area contributed by atoms with E-state index in [0.717, 1.165) is 12.2 Å². The highest BCUT2D eigenvalue weighted by Gasteiger charge is 2.27.